The summed E-state index contributed by atoms with van der Waals surface area (Å²) in [5, 5.41) is 0. The highest BCUT2D eigenvalue weighted by Gasteiger charge is 2.42. The topological polar surface area (TPSA) is 41.6 Å². The first kappa shape index (κ1) is 12.2. The molecule has 2 aliphatic rings. The predicted molar refractivity (Wildman–Crippen MR) is 86.6 cm³/mol. The summed E-state index contributed by atoms with van der Waals surface area (Å²) in [6.07, 6.45) is 11.5. The van der Waals surface area contributed by atoms with Gasteiger partial charge in [0.1, 0.15) is 0 Å². The normalized spacial score (nSPS) is 22.0. The van der Waals surface area contributed by atoms with Gasteiger partial charge in [0.05, 0.1) is 0 Å². The Morgan fingerprint density at radius 3 is 1.64 bits per heavy atom. The molecule has 0 radical (unpaired) electrons. The van der Waals surface area contributed by atoms with Gasteiger partial charge in [-0.15, -0.1) is 0 Å². The minimum Gasteiger partial charge on any atom is -0.354 e. The fourth-order valence-electron chi connectivity index (χ4n) is 4.38. The Bertz CT molecular complexity index is 753. The number of H-pyrrole nitrogens is 1. The third kappa shape index (κ3) is 1.62. The zero-order chi connectivity index (χ0) is 14.5. The summed E-state index contributed by atoms with van der Waals surface area (Å²) in [6, 6.07) is 8.42. The minimum atomic E-state index is 0.731. The molecule has 1 N–H and O–H groups in total. The van der Waals surface area contributed by atoms with E-state index < -0.39 is 0 Å². The van der Waals surface area contributed by atoms with E-state index in [4.69, 9.17) is 0 Å². The second kappa shape index (κ2) is 4.54. The molecule has 108 valence electrons. The van der Waals surface area contributed by atoms with Crippen LogP contribution in [0.15, 0.2) is 49.1 Å². The van der Waals surface area contributed by atoms with Gasteiger partial charge in [-0.2, -0.15) is 0 Å². The molecule has 0 aliphatic heterocycles. The Labute approximate surface area is 129 Å². The van der Waals surface area contributed by atoms with Crippen LogP contribution in [-0.4, -0.2) is 15.0 Å². The molecule has 1 fully saturated rings. The largest absolute Gasteiger partial charge is 0.354 e. The molecule has 22 heavy (non-hydrogen) atoms. The number of pyridine rings is 2. The van der Waals surface area contributed by atoms with Crippen molar-refractivity contribution >= 4 is 0 Å². The first-order valence-electron chi connectivity index (χ1n) is 7.98. The maximum atomic E-state index is 4.16. The summed E-state index contributed by atoms with van der Waals surface area (Å²) >= 11 is 0. The predicted octanol–water partition coefficient (Wildman–Crippen LogP) is 4.50. The van der Waals surface area contributed by atoms with E-state index in [0.29, 0.717) is 0 Å². The fourth-order valence-corrected chi connectivity index (χ4v) is 4.38. The number of aromatic nitrogens is 3. The highest BCUT2D eigenvalue weighted by Crippen LogP contribution is 2.58. The molecule has 3 aromatic heterocycles. The number of nitrogens with zero attached hydrogens (tertiary/aromatic N) is 2. The van der Waals surface area contributed by atoms with Gasteiger partial charge < -0.3 is 4.98 Å². The Morgan fingerprint density at radius 1 is 0.727 bits per heavy atom. The van der Waals surface area contributed by atoms with Crippen molar-refractivity contribution in [2.75, 3.05) is 0 Å². The van der Waals surface area contributed by atoms with E-state index in [1.54, 1.807) is 11.1 Å². The first-order chi connectivity index (χ1) is 10.9. The smallest absolute Gasteiger partial charge is 0.0498 e. The van der Waals surface area contributed by atoms with Crippen LogP contribution in [0.25, 0.3) is 22.5 Å². The molecule has 3 nitrogen and oxygen atoms in total. The van der Waals surface area contributed by atoms with E-state index in [-0.39, 0.29) is 0 Å². The van der Waals surface area contributed by atoms with E-state index in [1.165, 1.54) is 41.8 Å². The Hall–Kier alpha value is -2.42. The third-order valence-corrected chi connectivity index (χ3v) is 5.27. The average molecular weight is 287 g/mol. The van der Waals surface area contributed by atoms with Crippen LogP contribution in [0.1, 0.15) is 42.2 Å². The van der Waals surface area contributed by atoms with E-state index in [0.717, 1.165) is 11.8 Å². The van der Waals surface area contributed by atoms with Gasteiger partial charge in [0, 0.05) is 47.3 Å². The maximum Gasteiger partial charge on any atom is 0.0498 e. The second-order valence-electron chi connectivity index (χ2n) is 6.38. The molecular weight excluding hydrogens is 270 g/mol. The lowest BCUT2D eigenvalue weighted by Crippen LogP contribution is -1.96. The standard InChI is InChI=1S/C19H17N3/c1-2-15-11-14(1)16-17(15)19(13-5-9-21-10-6-13)22-18(16)12-3-7-20-8-4-12/h3-10,14-15,22H,1-2,11H2/t14-,15+. The summed E-state index contributed by atoms with van der Waals surface area (Å²) in [5.41, 5.74) is 8.23. The molecule has 0 amide bonds. The van der Waals surface area contributed by atoms with Gasteiger partial charge in [-0.3, -0.25) is 9.97 Å². The van der Waals surface area contributed by atoms with Gasteiger partial charge >= 0.3 is 0 Å². The van der Waals surface area contributed by atoms with Crippen molar-refractivity contribution in [2.24, 2.45) is 0 Å². The summed E-state index contributed by atoms with van der Waals surface area (Å²) in [7, 11) is 0. The summed E-state index contributed by atoms with van der Waals surface area (Å²) in [5.74, 6) is 1.46. The van der Waals surface area contributed by atoms with Crippen molar-refractivity contribution in [1.82, 2.24) is 15.0 Å². The van der Waals surface area contributed by atoms with Crippen molar-refractivity contribution in [3.8, 4) is 22.5 Å². The lowest BCUT2D eigenvalue weighted by atomic mass is 9.89. The molecule has 2 aliphatic carbocycles. The number of nitrogens with one attached hydrogen (secondary N) is 1. The Balaban J connectivity index is 1.77. The maximum absolute atomic E-state index is 4.16. The van der Waals surface area contributed by atoms with Gasteiger partial charge in [0.25, 0.3) is 0 Å². The van der Waals surface area contributed by atoms with Crippen LogP contribution in [0, 0.1) is 0 Å². The molecule has 0 spiro atoms. The number of fused-ring (bicyclic) bond motifs is 5. The summed E-state index contributed by atoms with van der Waals surface area (Å²) in [6.45, 7) is 0. The molecule has 3 heterocycles. The zero-order valence-corrected chi connectivity index (χ0v) is 12.3. The third-order valence-electron chi connectivity index (χ3n) is 5.27. The van der Waals surface area contributed by atoms with Crippen LogP contribution in [0.2, 0.25) is 0 Å². The van der Waals surface area contributed by atoms with Crippen LogP contribution < -0.4 is 0 Å². The van der Waals surface area contributed by atoms with Crippen LogP contribution in [-0.2, 0) is 0 Å². The van der Waals surface area contributed by atoms with E-state index >= 15 is 0 Å². The number of aromatic amines is 1. The van der Waals surface area contributed by atoms with Crippen LogP contribution in [0.3, 0.4) is 0 Å². The molecule has 2 atom stereocenters. The molecule has 1 saturated carbocycles. The fraction of sp³-hybridized carbons (Fsp3) is 0.263. The highest BCUT2D eigenvalue weighted by molar-refractivity contribution is 5.78. The second-order valence-corrected chi connectivity index (χ2v) is 6.38. The zero-order valence-electron chi connectivity index (χ0n) is 12.3. The van der Waals surface area contributed by atoms with Crippen molar-refractivity contribution in [1.29, 1.82) is 0 Å². The summed E-state index contributed by atoms with van der Waals surface area (Å²) in [4.78, 5) is 12.0. The molecule has 0 saturated heterocycles. The van der Waals surface area contributed by atoms with Gasteiger partial charge in [0.2, 0.25) is 0 Å². The lowest BCUT2D eigenvalue weighted by Gasteiger charge is -2.13. The van der Waals surface area contributed by atoms with Gasteiger partial charge in [-0.25, -0.2) is 0 Å². The number of rotatable bonds is 2. The molecule has 0 unspecified atom stereocenters. The van der Waals surface area contributed by atoms with Crippen molar-refractivity contribution < 1.29 is 0 Å². The quantitative estimate of drug-likeness (QED) is 0.753. The Morgan fingerprint density at radius 2 is 1.18 bits per heavy atom. The Kier molecular flexibility index (Phi) is 2.51. The van der Waals surface area contributed by atoms with E-state index in [9.17, 15) is 0 Å². The monoisotopic (exact) mass is 287 g/mol. The van der Waals surface area contributed by atoms with Crippen molar-refractivity contribution in [2.45, 2.75) is 31.1 Å². The molecule has 0 aromatic carbocycles. The van der Waals surface area contributed by atoms with Crippen LogP contribution >= 0.6 is 0 Å². The van der Waals surface area contributed by atoms with Gasteiger partial charge in [0.15, 0.2) is 0 Å². The van der Waals surface area contributed by atoms with Gasteiger partial charge in [-0.1, -0.05) is 0 Å². The minimum absolute atomic E-state index is 0.731. The SMILES string of the molecule is c1cc(-c2[nH]c(-c3ccncc3)c3c2[C@@H]2CC[C@H]3C2)ccn1. The average Bonchev–Trinajstić information content (AvgIpc) is 3.29. The lowest BCUT2D eigenvalue weighted by molar-refractivity contribution is 0.724. The highest BCUT2D eigenvalue weighted by atomic mass is 14.8. The molecular formula is C19H17N3. The summed E-state index contributed by atoms with van der Waals surface area (Å²) < 4.78 is 0. The van der Waals surface area contributed by atoms with Crippen LogP contribution in [0.4, 0.5) is 0 Å². The number of hydrogen-bond donors (Lipinski definition) is 1. The molecule has 3 aromatic rings. The molecule has 5 rings (SSSR count). The molecule has 2 bridgehead atoms. The first-order valence-corrected chi connectivity index (χ1v) is 7.98. The van der Waals surface area contributed by atoms with E-state index in [1.807, 2.05) is 24.8 Å². The number of hydrogen-bond acceptors (Lipinski definition) is 2. The molecule has 3 heteroatoms. The van der Waals surface area contributed by atoms with Gasteiger partial charge in [-0.05, 0) is 66.5 Å². The van der Waals surface area contributed by atoms with Crippen molar-refractivity contribution in [3.05, 3.63) is 60.2 Å². The van der Waals surface area contributed by atoms with Crippen molar-refractivity contribution in [3.63, 3.8) is 0 Å². The van der Waals surface area contributed by atoms with Crippen LogP contribution in [0.5, 0.6) is 0 Å². The van der Waals surface area contributed by atoms with E-state index in [2.05, 4.69) is 39.2 Å².